The number of para-hydroxylation sites is 5. The van der Waals surface area contributed by atoms with Crippen LogP contribution in [0.4, 0.5) is 0 Å². The molecule has 9 aromatic heterocycles. The predicted octanol–water partition coefficient (Wildman–Crippen LogP) is 36.9. The van der Waals surface area contributed by atoms with Crippen LogP contribution in [0.15, 0.2) is 480 Å². The first-order valence-electron chi connectivity index (χ1n) is 51.1. The monoisotopic (exact) mass is 1890 g/mol. The second-order valence-corrected chi connectivity index (χ2v) is 40.0. The van der Waals surface area contributed by atoms with E-state index >= 15 is 0 Å². The third-order valence-corrected chi connectivity index (χ3v) is 31.5. The summed E-state index contributed by atoms with van der Waals surface area (Å²) in [6.07, 6.45) is 5.79. The lowest BCUT2D eigenvalue weighted by atomic mass is 9.93. The van der Waals surface area contributed by atoms with E-state index in [0.717, 1.165) is 105 Å². The number of hydrogen-bond donors (Lipinski definition) is 0. The number of benzene rings is 24. The second kappa shape index (κ2) is 32.9. The highest BCUT2D eigenvalue weighted by Crippen LogP contribution is 2.49. The summed E-state index contributed by atoms with van der Waals surface area (Å²) in [4.78, 5) is 31.1. The normalized spacial score (nSPS) is 12.1. The van der Waals surface area contributed by atoms with Crippen molar-refractivity contribution in [2.24, 2.45) is 0 Å². The zero-order chi connectivity index (χ0) is 97.9. The minimum absolute atomic E-state index is 0.858. The summed E-state index contributed by atoms with van der Waals surface area (Å²) in [5.74, 6) is 0. The van der Waals surface area contributed by atoms with Crippen LogP contribution in [0, 0.1) is 13.8 Å². The lowest BCUT2D eigenvalue weighted by Crippen LogP contribution is -1.93. The van der Waals surface area contributed by atoms with Gasteiger partial charge in [0.05, 0.1) is 118 Å². The molecule has 690 valence electrons. The maximum Gasteiger partial charge on any atom is 0.0979 e. The van der Waals surface area contributed by atoms with E-state index in [1.54, 1.807) is 0 Å². The molecule has 0 N–H and O–H groups in total. The molecule has 0 spiro atoms. The van der Waals surface area contributed by atoms with Crippen LogP contribution in [-0.2, 0) is 0 Å². The Labute approximate surface area is 854 Å². The smallest absolute Gasteiger partial charge is 0.0979 e. The van der Waals surface area contributed by atoms with Crippen molar-refractivity contribution in [3.8, 4) is 101 Å². The molecule has 0 saturated heterocycles. The van der Waals surface area contributed by atoms with Crippen molar-refractivity contribution in [1.82, 2.24) is 43.1 Å². The third-order valence-electron chi connectivity index (χ3n) is 31.5. The van der Waals surface area contributed by atoms with Gasteiger partial charge in [-0.05, 0) is 204 Å². The molecule has 0 aliphatic rings. The zero-order valence-electron chi connectivity index (χ0n) is 81.1. The zero-order valence-corrected chi connectivity index (χ0v) is 81.1. The van der Waals surface area contributed by atoms with Crippen LogP contribution < -0.4 is 0 Å². The molecule has 0 saturated carbocycles. The van der Waals surface area contributed by atoms with Crippen molar-refractivity contribution in [2.45, 2.75) is 13.8 Å². The average Bonchev–Trinajstić information content (AvgIpc) is 1.56. The van der Waals surface area contributed by atoms with Crippen LogP contribution in [0.25, 0.3) is 313 Å². The van der Waals surface area contributed by atoms with Crippen LogP contribution in [-0.4, -0.2) is 43.1 Å². The Morgan fingerprint density at radius 3 is 0.799 bits per heavy atom. The molecule has 0 unspecified atom stereocenters. The van der Waals surface area contributed by atoms with Gasteiger partial charge in [-0.25, -0.2) is 15.0 Å². The van der Waals surface area contributed by atoms with Crippen molar-refractivity contribution in [2.75, 3.05) is 0 Å². The Bertz CT molecular complexity index is 11400. The van der Waals surface area contributed by atoms with E-state index in [-0.39, 0.29) is 0 Å². The topological polar surface area (TPSA) is 90.6 Å². The van der Waals surface area contributed by atoms with E-state index in [2.05, 4.69) is 488 Å². The fourth-order valence-corrected chi connectivity index (χ4v) is 24.6. The van der Waals surface area contributed by atoms with Gasteiger partial charge < -0.3 is 13.2 Å². The van der Waals surface area contributed by atoms with Gasteiger partial charge in [0, 0.05) is 114 Å². The van der Waals surface area contributed by atoms with Gasteiger partial charge >= 0.3 is 0 Å². The average molecular weight is 1890 g/mol. The molecule has 33 aromatic rings. The van der Waals surface area contributed by atoms with Crippen molar-refractivity contribution in [3.63, 3.8) is 0 Å². The molecule has 0 aliphatic heterocycles. The maximum atomic E-state index is 5.41. The fraction of sp³-hybridized carbons (Fsp3) is 0.0143. The van der Waals surface area contributed by atoms with E-state index < -0.39 is 0 Å². The SMILES string of the molecule is Cc1ccc2c(c1)c1cc(C)ccc1c1nc(-c3cccc(-c4ccc5c(c4)c4cccc6c7ccccc7n5c64)c3)cnc21.c1ccc(-c2cc3c4ccccc4n4c5ccc(-c6ccc(-c7cnc8c9ccccc9c9ccccc9c8n7)cc6)cc5c(c2)c34)cc1.c1ccc(-c2ccc3c(c2)c2cc(-c4ccccc4)ccc2c2nc(-c4cccc(-c5ccc6c(c5)c5cccc7c8ccccc8n6c75)c4)cnc32)cc1. The molecule has 9 heterocycles. The van der Waals surface area contributed by atoms with Crippen molar-refractivity contribution in [3.05, 3.63) is 491 Å². The van der Waals surface area contributed by atoms with Gasteiger partial charge in [-0.15, -0.1) is 0 Å². The molecule has 0 bridgehead atoms. The molecule has 149 heavy (non-hydrogen) atoms. The van der Waals surface area contributed by atoms with Crippen molar-refractivity contribution < 1.29 is 0 Å². The number of nitrogens with zero attached hydrogens (tertiary/aromatic N) is 9. The van der Waals surface area contributed by atoms with Crippen LogP contribution >= 0.6 is 0 Å². The van der Waals surface area contributed by atoms with Crippen LogP contribution in [0.2, 0.25) is 0 Å². The highest BCUT2D eigenvalue weighted by Gasteiger charge is 2.26. The number of aryl methyl sites for hydroxylation is 2. The lowest BCUT2D eigenvalue weighted by molar-refractivity contribution is 1.31. The summed E-state index contributed by atoms with van der Waals surface area (Å²) in [6.45, 7) is 4.30. The Morgan fingerprint density at radius 1 is 0.134 bits per heavy atom. The summed E-state index contributed by atoms with van der Waals surface area (Å²) in [6, 6.07) is 167. The first kappa shape index (κ1) is 83.8. The Morgan fingerprint density at radius 2 is 0.369 bits per heavy atom. The summed E-state index contributed by atoms with van der Waals surface area (Å²) < 4.78 is 7.30. The minimum atomic E-state index is 0.858. The maximum absolute atomic E-state index is 5.41. The highest BCUT2D eigenvalue weighted by molar-refractivity contribution is 6.30. The summed E-state index contributed by atoms with van der Waals surface area (Å²) in [5, 5.41) is 29.5. The van der Waals surface area contributed by atoms with Crippen LogP contribution in [0.5, 0.6) is 0 Å². The van der Waals surface area contributed by atoms with Gasteiger partial charge in [0.2, 0.25) is 0 Å². The molecule has 24 aromatic carbocycles. The van der Waals surface area contributed by atoms with Crippen molar-refractivity contribution >= 4 is 212 Å². The van der Waals surface area contributed by atoms with Crippen LogP contribution in [0.3, 0.4) is 0 Å². The van der Waals surface area contributed by atoms with E-state index in [4.69, 9.17) is 29.9 Å². The van der Waals surface area contributed by atoms with E-state index in [1.165, 1.54) is 219 Å². The van der Waals surface area contributed by atoms with Gasteiger partial charge in [-0.1, -0.05) is 381 Å². The Hall–Kier alpha value is -19.7. The predicted molar refractivity (Wildman–Crippen MR) is 626 cm³/mol. The first-order valence-corrected chi connectivity index (χ1v) is 51.1. The minimum Gasteiger partial charge on any atom is -0.308 e. The molecule has 33 rings (SSSR count). The van der Waals surface area contributed by atoms with E-state index in [0.29, 0.717) is 0 Å². The van der Waals surface area contributed by atoms with Gasteiger partial charge in [0.15, 0.2) is 0 Å². The van der Waals surface area contributed by atoms with Gasteiger partial charge in [0.1, 0.15) is 0 Å². The Balaban J connectivity index is 0.000000101. The number of fused-ring (bicyclic) bond motifs is 36. The Kier molecular flexibility index (Phi) is 18.5. The quantitative estimate of drug-likeness (QED) is 0.134. The lowest BCUT2D eigenvalue weighted by Gasteiger charge is -2.14. The second-order valence-electron chi connectivity index (χ2n) is 40.0. The van der Waals surface area contributed by atoms with Gasteiger partial charge in [-0.2, -0.15) is 0 Å². The highest BCUT2D eigenvalue weighted by atomic mass is 14.9. The van der Waals surface area contributed by atoms with Gasteiger partial charge in [-0.3, -0.25) is 15.0 Å². The fourth-order valence-electron chi connectivity index (χ4n) is 24.6. The number of rotatable bonds is 9. The molecular formula is C140H85N9. The van der Waals surface area contributed by atoms with E-state index in [9.17, 15) is 0 Å². The molecule has 9 heteroatoms. The number of aromatic nitrogens is 9. The molecule has 0 aliphatic carbocycles. The van der Waals surface area contributed by atoms with Gasteiger partial charge in [0.25, 0.3) is 0 Å². The molecule has 0 amide bonds. The standard InChI is InChI=1S/C52H31N3.C46H27N3.C42H27N3/c1-3-11-32(12-4-1)35-21-24-40-44(28-35)45-29-36(33-13-5-2-6-14-33)22-25-41(45)51-50(40)53-31-47(54-51)38-16-9-15-34(27-38)37-23-26-49-46(30-37)43-19-10-18-42-39-17-7-8-20-48(39)55(49)52(42)43;1-2-10-28(11-3-1)32-25-39-35-14-8-9-17-42(35)49-43-23-22-31(24-38(43)40(26-32)46(39)49)29-18-20-30(21-19-29)41-27-47-44-36-15-6-4-12-33(36)34-13-5-7-16-37(34)45(44)48-41;1-24-13-16-30-34(19-24)35-20-25(2)14-17-31(35)41-40(30)43-23-37(44-41)28-8-5-7-26(21-28)27-15-18-39-36(22-27)33-11-6-10-32-29-9-3-4-12-38(29)45(39)42(32)33/h1-31H;1-27H;3-23H,1-2H3. The van der Waals surface area contributed by atoms with E-state index in [1.807, 2.05) is 18.6 Å². The van der Waals surface area contributed by atoms with Crippen LogP contribution in [0.1, 0.15) is 11.1 Å². The largest absolute Gasteiger partial charge is 0.308 e. The first-order chi connectivity index (χ1) is 73.7. The molecule has 9 nitrogen and oxygen atoms in total. The molecule has 0 atom stereocenters. The molecule has 0 radical (unpaired) electrons. The third kappa shape index (κ3) is 13.1. The molecular weight excluding hydrogens is 1810 g/mol. The summed E-state index contributed by atoms with van der Waals surface area (Å²) in [5.41, 5.74) is 39.5. The van der Waals surface area contributed by atoms with Crippen molar-refractivity contribution in [1.29, 1.82) is 0 Å². The molecule has 0 fully saturated rings. The number of hydrogen-bond acceptors (Lipinski definition) is 6. The summed E-state index contributed by atoms with van der Waals surface area (Å²) >= 11 is 0. The summed E-state index contributed by atoms with van der Waals surface area (Å²) in [7, 11) is 0.